The van der Waals surface area contributed by atoms with Crippen LogP contribution in [0, 0.1) is 11.3 Å². The van der Waals surface area contributed by atoms with E-state index in [1.54, 1.807) is 18.1 Å². The van der Waals surface area contributed by atoms with Crippen molar-refractivity contribution >= 4 is 38.1 Å². The zero-order chi connectivity index (χ0) is 23.2. The maximum atomic E-state index is 12.1. The molecule has 8 heteroatoms. The highest BCUT2D eigenvalue weighted by Crippen LogP contribution is 2.33. The lowest BCUT2D eigenvalue weighted by Gasteiger charge is -2.36. The molecule has 1 aromatic heterocycles. The van der Waals surface area contributed by atoms with Crippen LogP contribution in [0.2, 0.25) is 0 Å². The number of methoxy groups -OCH3 is 1. The molecule has 3 aromatic rings. The Hall–Kier alpha value is -3.28. The highest BCUT2D eigenvalue weighted by atomic mass is 32.1. The summed E-state index contributed by atoms with van der Waals surface area (Å²) in [4.78, 5) is 18.6. The number of urea groups is 1. The Kier molecular flexibility index (Phi) is 7.33. The molecule has 1 aliphatic heterocycles. The minimum absolute atomic E-state index is 0.438. The summed E-state index contributed by atoms with van der Waals surface area (Å²) in [6.45, 7) is 5.56. The van der Waals surface area contributed by atoms with Crippen molar-refractivity contribution in [2.75, 3.05) is 56.2 Å². The second-order valence-electron chi connectivity index (χ2n) is 8.15. The van der Waals surface area contributed by atoms with Crippen molar-refractivity contribution in [2.24, 2.45) is 5.73 Å². The summed E-state index contributed by atoms with van der Waals surface area (Å²) in [5.41, 5.74) is 7.45. The highest BCUT2D eigenvalue weighted by molar-refractivity contribution is 7.23. The standard InChI is InChI=1S/C25H29N5O2S/c1-32-22-7-3-2-6-21(22)29-14-12-28(13-15-29)10-4-5-11-30(25(27)31)24-17-20-16-19(18-26)8-9-23(20)33-24/h2-3,6-9,16-17H,4-5,10-15H2,1H3,(H2,27,31). The van der Waals surface area contributed by atoms with E-state index in [2.05, 4.69) is 21.9 Å². The van der Waals surface area contributed by atoms with Crippen LogP contribution < -0.4 is 20.3 Å². The Morgan fingerprint density at radius 3 is 2.67 bits per heavy atom. The normalized spacial score (nSPS) is 14.2. The molecule has 1 fully saturated rings. The van der Waals surface area contributed by atoms with Crippen molar-refractivity contribution in [2.45, 2.75) is 12.8 Å². The number of primary amides is 1. The lowest BCUT2D eigenvalue weighted by Crippen LogP contribution is -2.46. The molecule has 0 spiro atoms. The molecule has 1 saturated heterocycles. The van der Waals surface area contributed by atoms with Gasteiger partial charge >= 0.3 is 6.03 Å². The molecule has 0 atom stereocenters. The Morgan fingerprint density at radius 1 is 1.15 bits per heavy atom. The fraction of sp³-hybridized carbons (Fsp3) is 0.360. The van der Waals surface area contributed by atoms with Gasteiger partial charge in [0.05, 0.1) is 24.4 Å². The molecule has 0 bridgehead atoms. The minimum atomic E-state index is -0.438. The van der Waals surface area contributed by atoms with Crippen LogP contribution in [0.5, 0.6) is 5.75 Å². The fourth-order valence-electron chi connectivity index (χ4n) is 4.27. The quantitative estimate of drug-likeness (QED) is 0.504. The third kappa shape index (κ3) is 5.38. The van der Waals surface area contributed by atoms with Gasteiger partial charge in [0, 0.05) is 37.4 Å². The first-order valence-electron chi connectivity index (χ1n) is 11.2. The Bertz CT molecular complexity index is 1150. The number of anilines is 2. The average molecular weight is 464 g/mol. The Balaban J connectivity index is 1.27. The smallest absolute Gasteiger partial charge is 0.319 e. The van der Waals surface area contributed by atoms with Crippen LogP contribution in [0.25, 0.3) is 10.1 Å². The number of amides is 2. The first-order chi connectivity index (χ1) is 16.1. The Morgan fingerprint density at radius 2 is 1.94 bits per heavy atom. The third-order valence-electron chi connectivity index (χ3n) is 6.07. The third-order valence-corrected chi connectivity index (χ3v) is 7.21. The minimum Gasteiger partial charge on any atom is -0.495 e. The fourth-order valence-corrected chi connectivity index (χ4v) is 5.34. The van der Waals surface area contributed by atoms with Gasteiger partial charge in [0.2, 0.25) is 0 Å². The summed E-state index contributed by atoms with van der Waals surface area (Å²) in [6, 6.07) is 17.4. The summed E-state index contributed by atoms with van der Waals surface area (Å²) >= 11 is 1.53. The van der Waals surface area contributed by atoms with Crippen molar-refractivity contribution in [1.29, 1.82) is 5.26 Å². The van der Waals surface area contributed by atoms with E-state index in [0.29, 0.717) is 12.1 Å². The molecule has 2 heterocycles. The van der Waals surface area contributed by atoms with Crippen LogP contribution in [0.15, 0.2) is 48.5 Å². The van der Waals surface area contributed by atoms with Crippen LogP contribution in [0.1, 0.15) is 18.4 Å². The number of nitrogens with zero attached hydrogens (tertiary/aromatic N) is 4. The number of hydrogen-bond acceptors (Lipinski definition) is 6. The van der Waals surface area contributed by atoms with Gasteiger partial charge in [-0.1, -0.05) is 12.1 Å². The number of hydrogen-bond donors (Lipinski definition) is 1. The number of nitriles is 1. The number of nitrogens with two attached hydrogens (primary N) is 1. The molecule has 1 aliphatic rings. The predicted molar refractivity (Wildman–Crippen MR) is 134 cm³/mol. The number of piperazine rings is 1. The first-order valence-corrected chi connectivity index (χ1v) is 12.0. The molecule has 7 nitrogen and oxygen atoms in total. The molecular weight excluding hydrogens is 434 g/mol. The molecule has 2 amide bonds. The van der Waals surface area contributed by atoms with E-state index < -0.39 is 6.03 Å². The zero-order valence-corrected chi connectivity index (χ0v) is 19.7. The van der Waals surface area contributed by atoms with Crippen LogP contribution in [0.3, 0.4) is 0 Å². The molecule has 0 aliphatic carbocycles. The molecule has 4 rings (SSSR count). The first kappa shape index (κ1) is 22.9. The highest BCUT2D eigenvalue weighted by Gasteiger charge is 2.20. The van der Waals surface area contributed by atoms with Gasteiger partial charge in [-0.05, 0) is 61.2 Å². The summed E-state index contributed by atoms with van der Waals surface area (Å²) in [5.74, 6) is 0.919. The van der Waals surface area contributed by atoms with E-state index in [1.165, 1.54) is 11.3 Å². The van der Waals surface area contributed by atoms with Gasteiger partial charge in [-0.2, -0.15) is 5.26 Å². The maximum Gasteiger partial charge on any atom is 0.319 e. The second kappa shape index (κ2) is 10.6. The molecule has 172 valence electrons. The predicted octanol–water partition coefficient (Wildman–Crippen LogP) is 4.27. The van der Waals surface area contributed by atoms with Crippen molar-refractivity contribution in [3.63, 3.8) is 0 Å². The van der Waals surface area contributed by atoms with E-state index in [0.717, 1.165) is 72.1 Å². The SMILES string of the molecule is COc1ccccc1N1CCN(CCCCN(C(N)=O)c2cc3cc(C#N)ccc3s2)CC1. The van der Waals surface area contributed by atoms with Gasteiger partial charge < -0.3 is 15.4 Å². The van der Waals surface area contributed by atoms with Gasteiger partial charge in [-0.3, -0.25) is 9.80 Å². The van der Waals surface area contributed by atoms with Gasteiger partial charge in [0.1, 0.15) is 10.8 Å². The number of benzene rings is 2. The molecule has 0 unspecified atom stereocenters. The van der Waals surface area contributed by atoms with Crippen molar-refractivity contribution in [3.05, 3.63) is 54.1 Å². The number of rotatable bonds is 8. The lowest BCUT2D eigenvalue weighted by molar-refractivity contribution is 0.249. The number of carbonyl (C=O) groups is 1. The van der Waals surface area contributed by atoms with Gasteiger partial charge in [-0.15, -0.1) is 11.3 Å². The van der Waals surface area contributed by atoms with Gasteiger partial charge in [-0.25, -0.2) is 4.79 Å². The van der Waals surface area contributed by atoms with E-state index >= 15 is 0 Å². The summed E-state index contributed by atoms with van der Waals surface area (Å²) < 4.78 is 6.55. The molecule has 2 aromatic carbocycles. The summed E-state index contributed by atoms with van der Waals surface area (Å²) in [5, 5.41) is 10.9. The summed E-state index contributed by atoms with van der Waals surface area (Å²) in [7, 11) is 1.72. The van der Waals surface area contributed by atoms with E-state index in [-0.39, 0.29) is 0 Å². The van der Waals surface area contributed by atoms with Crippen LogP contribution >= 0.6 is 11.3 Å². The number of fused-ring (bicyclic) bond motifs is 1. The van der Waals surface area contributed by atoms with Crippen LogP contribution in [-0.2, 0) is 0 Å². The average Bonchev–Trinajstić information content (AvgIpc) is 3.26. The summed E-state index contributed by atoms with van der Waals surface area (Å²) in [6.07, 6.45) is 1.88. The molecule has 2 N–H and O–H groups in total. The molecule has 0 saturated carbocycles. The monoisotopic (exact) mass is 463 g/mol. The number of thiophene rings is 1. The van der Waals surface area contributed by atoms with E-state index in [1.807, 2.05) is 36.4 Å². The molecular formula is C25H29N5O2S. The van der Waals surface area contributed by atoms with Crippen LogP contribution in [0.4, 0.5) is 15.5 Å². The number of ether oxygens (including phenoxy) is 1. The van der Waals surface area contributed by atoms with E-state index in [4.69, 9.17) is 15.7 Å². The Labute approximate surface area is 198 Å². The maximum absolute atomic E-state index is 12.1. The number of unbranched alkanes of at least 4 members (excludes halogenated alkanes) is 1. The van der Waals surface area contributed by atoms with Gasteiger partial charge in [0.25, 0.3) is 0 Å². The molecule has 0 radical (unpaired) electrons. The van der Waals surface area contributed by atoms with Crippen molar-refractivity contribution in [3.8, 4) is 11.8 Å². The van der Waals surface area contributed by atoms with Crippen molar-refractivity contribution in [1.82, 2.24) is 4.90 Å². The number of carbonyl (C=O) groups excluding carboxylic acids is 1. The number of para-hydroxylation sites is 2. The largest absolute Gasteiger partial charge is 0.495 e. The van der Waals surface area contributed by atoms with E-state index in [9.17, 15) is 4.79 Å². The molecule has 33 heavy (non-hydrogen) atoms. The lowest BCUT2D eigenvalue weighted by atomic mass is 10.2. The topological polar surface area (TPSA) is 85.8 Å². The van der Waals surface area contributed by atoms with Crippen molar-refractivity contribution < 1.29 is 9.53 Å². The zero-order valence-electron chi connectivity index (χ0n) is 18.9. The second-order valence-corrected chi connectivity index (χ2v) is 9.21. The van der Waals surface area contributed by atoms with Crippen LogP contribution in [-0.4, -0.2) is 57.3 Å². The van der Waals surface area contributed by atoms with Gasteiger partial charge in [0.15, 0.2) is 0 Å².